The molecule has 4 rings (SSSR count). The van der Waals surface area contributed by atoms with Crippen LogP contribution in [0.15, 0.2) is 18.2 Å². The summed E-state index contributed by atoms with van der Waals surface area (Å²) in [5.41, 5.74) is 9.25. The van der Waals surface area contributed by atoms with Crippen molar-refractivity contribution < 1.29 is 14.4 Å². The summed E-state index contributed by atoms with van der Waals surface area (Å²) >= 11 is 0. The molecule has 2 aliphatic heterocycles. The Morgan fingerprint density at radius 2 is 2.07 bits per heavy atom. The molecule has 1 aromatic carbocycles. The topological polar surface area (TPSA) is 95.7 Å². The number of carbonyl (C=O) groups excluding carboxylic acids is 3. The molecule has 29 heavy (non-hydrogen) atoms. The Morgan fingerprint density at radius 3 is 2.76 bits per heavy atom. The van der Waals surface area contributed by atoms with E-state index in [0.717, 1.165) is 37.1 Å². The van der Waals surface area contributed by atoms with E-state index >= 15 is 0 Å². The Labute approximate surface area is 171 Å². The molecule has 0 radical (unpaired) electrons. The predicted octanol–water partition coefficient (Wildman–Crippen LogP) is 1.40. The molecule has 7 nitrogen and oxygen atoms in total. The second-order valence-corrected chi connectivity index (χ2v) is 9.22. The third-order valence-corrected chi connectivity index (χ3v) is 6.83. The maximum absolute atomic E-state index is 12.8. The van der Waals surface area contributed by atoms with Crippen LogP contribution in [0, 0.1) is 5.41 Å². The van der Waals surface area contributed by atoms with Gasteiger partial charge in [-0.1, -0.05) is 25.5 Å². The first-order chi connectivity index (χ1) is 13.8. The van der Waals surface area contributed by atoms with Crippen LogP contribution in [-0.2, 0) is 22.7 Å². The lowest BCUT2D eigenvalue weighted by Crippen LogP contribution is -2.52. The highest BCUT2D eigenvalue weighted by Gasteiger charge is 2.39. The summed E-state index contributed by atoms with van der Waals surface area (Å²) in [6, 6.07) is 5.63. The normalized spacial score (nSPS) is 29.5. The van der Waals surface area contributed by atoms with E-state index < -0.39 is 6.04 Å². The molecule has 2 heterocycles. The zero-order chi connectivity index (χ0) is 20.8. The van der Waals surface area contributed by atoms with Gasteiger partial charge in [0.05, 0.1) is 0 Å². The van der Waals surface area contributed by atoms with E-state index in [9.17, 15) is 14.4 Å². The first-order valence-electron chi connectivity index (χ1n) is 10.5. The van der Waals surface area contributed by atoms with E-state index in [1.165, 1.54) is 6.42 Å². The van der Waals surface area contributed by atoms with Gasteiger partial charge in [0.2, 0.25) is 11.8 Å². The van der Waals surface area contributed by atoms with E-state index in [-0.39, 0.29) is 35.6 Å². The van der Waals surface area contributed by atoms with Crippen LogP contribution >= 0.6 is 0 Å². The van der Waals surface area contributed by atoms with Crippen molar-refractivity contribution in [1.29, 1.82) is 0 Å². The lowest BCUT2D eigenvalue weighted by atomic mass is 9.84. The summed E-state index contributed by atoms with van der Waals surface area (Å²) in [6.45, 7) is 4.44. The number of carbonyl (C=O) groups is 3. The number of hydrogen-bond donors (Lipinski definition) is 2. The molecule has 3 aliphatic rings. The van der Waals surface area contributed by atoms with Crippen LogP contribution in [0.1, 0.15) is 60.5 Å². The van der Waals surface area contributed by atoms with Crippen LogP contribution in [-0.4, -0.2) is 53.2 Å². The molecule has 1 unspecified atom stereocenters. The van der Waals surface area contributed by atoms with Gasteiger partial charge in [0.1, 0.15) is 6.04 Å². The Balaban J connectivity index is 1.43. The van der Waals surface area contributed by atoms with Gasteiger partial charge < -0.3 is 15.5 Å². The SMILES string of the molecule is CN(Cc1ccc2c(c1)CN(C1CCC(=O)NC1=O)C2=O)C[C@@]1(C)CCC[C@@H]1N. The predicted molar refractivity (Wildman–Crippen MR) is 109 cm³/mol. The number of nitrogens with two attached hydrogens (primary N) is 1. The first kappa shape index (κ1) is 20.0. The van der Waals surface area contributed by atoms with Crippen molar-refractivity contribution in [2.45, 2.75) is 64.2 Å². The zero-order valence-electron chi connectivity index (χ0n) is 17.2. The van der Waals surface area contributed by atoms with Crippen molar-refractivity contribution in [2.24, 2.45) is 11.1 Å². The van der Waals surface area contributed by atoms with Crippen LogP contribution in [0.4, 0.5) is 0 Å². The van der Waals surface area contributed by atoms with Gasteiger partial charge in [-0.05, 0) is 48.9 Å². The summed E-state index contributed by atoms with van der Waals surface area (Å²) in [6.07, 6.45) is 4.12. The van der Waals surface area contributed by atoms with Crippen molar-refractivity contribution in [3.63, 3.8) is 0 Å². The van der Waals surface area contributed by atoms with E-state index in [2.05, 4.69) is 30.3 Å². The van der Waals surface area contributed by atoms with E-state index in [4.69, 9.17) is 5.73 Å². The van der Waals surface area contributed by atoms with Gasteiger partial charge in [-0.15, -0.1) is 0 Å². The minimum Gasteiger partial charge on any atom is -0.327 e. The molecule has 0 bridgehead atoms. The van der Waals surface area contributed by atoms with E-state index in [0.29, 0.717) is 18.5 Å². The smallest absolute Gasteiger partial charge is 0.255 e. The van der Waals surface area contributed by atoms with Gasteiger partial charge in [-0.25, -0.2) is 0 Å². The Bertz CT molecular complexity index is 854. The van der Waals surface area contributed by atoms with E-state index in [1.54, 1.807) is 4.90 Å². The van der Waals surface area contributed by atoms with Crippen molar-refractivity contribution in [3.8, 4) is 0 Å². The average molecular weight is 399 g/mol. The number of piperidine rings is 1. The van der Waals surface area contributed by atoms with Crippen LogP contribution in [0.25, 0.3) is 0 Å². The average Bonchev–Trinajstić information content (AvgIpc) is 3.14. The number of rotatable bonds is 5. The minimum absolute atomic E-state index is 0.126. The zero-order valence-corrected chi connectivity index (χ0v) is 17.2. The monoisotopic (exact) mass is 398 g/mol. The molecule has 1 aliphatic carbocycles. The highest BCUT2D eigenvalue weighted by atomic mass is 16.2. The van der Waals surface area contributed by atoms with Crippen molar-refractivity contribution >= 4 is 17.7 Å². The maximum Gasteiger partial charge on any atom is 0.255 e. The fraction of sp³-hybridized carbons (Fsp3) is 0.591. The Morgan fingerprint density at radius 1 is 1.28 bits per heavy atom. The molecule has 3 atom stereocenters. The van der Waals surface area contributed by atoms with Crippen molar-refractivity contribution in [3.05, 3.63) is 34.9 Å². The molecule has 0 spiro atoms. The van der Waals surface area contributed by atoms with Gasteiger partial charge in [0.25, 0.3) is 5.91 Å². The third-order valence-electron chi connectivity index (χ3n) is 6.83. The first-order valence-corrected chi connectivity index (χ1v) is 10.5. The van der Waals surface area contributed by atoms with Crippen molar-refractivity contribution in [2.75, 3.05) is 13.6 Å². The van der Waals surface area contributed by atoms with Crippen LogP contribution < -0.4 is 11.1 Å². The number of nitrogens with zero attached hydrogens (tertiary/aromatic N) is 2. The molecular weight excluding hydrogens is 368 g/mol. The van der Waals surface area contributed by atoms with Crippen LogP contribution in [0.3, 0.4) is 0 Å². The molecule has 3 amide bonds. The lowest BCUT2D eigenvalue weighted by Gasteiger charge is -2.33. The molecule has 2 fully saturated rings. The molecule has 0 aromatic heterocycles. The number of amides is 3. The Kier molecular flexibility index (Phi) is 5.21. The number of nitrogens with one attached hydrogen (secondary N) is 1. The van der Waals surface area contributed by atoms with Gasteiger partial charge in [-0.2, -0.15) is 0 Å². The summed E-state index contributed by atoms with van der Waals surface area (Å²) in [4.78, 5) is 40.3. The second-order valence-electron chi connectivity index (χ2n) is 9.22. The van der Waals surface area contributed by atoms with Crippen LogP contribution in [0.5, 0.6) is 0 Å². The highest BCUT2D eigenvalue weighted by Crippen LogP contribution is 2.37. The summed E-state index contributed by atoms with van der Waals surface area (Å²) in [7, 11) is 2.12. The maximum atomic E-state index is 12.8. The largest absolute Gasteiger partial charge is 0.327 e. The standard InChI is InChI=1S/C22H30N4O3/c1-22(9-3-4-18(22)23)13-25(2)11-14-5-6-16-15(10-14)12-26(21(16)29)17-7-8-19(27)24-20(17)28/h5-6,10,17-18H,3-4,7-9,11-13,23H2,1-2H3,(H,24,27,28)/t17?,18-,22+/m0/s1. The fourth-order valence-corrected chi connectivity index (χ4v) is 5.17. The lowest BCUT2D eigenvalue weighted by molar-refractivity contribution is -0.136. The molecule has 7 heteroatoms. The number of hydrogen-bond acceptors (Lipinski definition) is 5. The van der Waals surface area contributed by atoms with Crippen molar-refractivity contribution in [1.82, 2.24) is 15.1 Å². The van der Waals surface area contributed by atoms with E-state index in [1.807, 2.05) is 12.1 Å². The quantitative estimate of drug-likeness (QED) is 0.731. The second kappa shape index (κ2) is 7.54. The number of imide groups is 1. The van der Waals surface area contributed by atoms with Gasteiger partial charge >= 0.3 is 0 Å². The van der Waals surface area contributed by atoms with Gasteiger partial charge in [0, 0.05) is 37.7 Å². The fourth-order valence-electron chi connectivity index (χ4n) is 5.17. The summed E-state index contributed by atoms with van der Waals surface area (Å²) in [5, 5.41) is 2.34. The Hall–Kier alpha value is -2.25. The molecule has 156 valence electrons. The third kappa shape index (κ3) is 3.81. The van der Waals surface area contributed by atoms with Gasteiger partial charge in [-0.3, -0.25) is 19.7 Å². The number of fused-ring (bicyclic) bond motifs is 1. The molecule has 1 saturated heterocycles. The minimum atomic E-state index is -0.567. The summed E-state index contributed by atoms with van der Waals surface area (Å²) < 4.78 is 0. The molecular formula is C22H30N4O3. The highest BCUT2D eigenvalue weighted by molar-refractivity contribution is 6.05. The molecule has 1 aromatic rings. The molecule has 3 N–H and O–H groups in total. The molecule has 1 saturated carbocycles. The van der Waals surface area contributed by atoms with Gasteiger partial charge in [0.15, 0.2) is 0 Å². The summed E-state index contributed by atoms with van der Waals surface area (Å²) in [5.74, 6) is -0.765. The van der Waals surface area contributed by atoms with Crippen LogP contribution in [0.2, 0.25) is 0 Å². The number of benzene rings is 1.